The van der Waals surface area contributed by atoms with Gasteiger partial charge >= 0.3 is 0 Å². The van der Waals surface area contributed by atoms with Crippen molar-refractivity contribution in [2.45, 2.75) is 6.04 Å². The summed E-state index contributed by atoms with van der Waals surface area (Å²) in [6.45, 7) is 0.140. The number of aliphatic hydroxyl groups excluding tert-OH is 1. The molecule has 170 valence electrons. The number of ether oxygens (including phenoxy) is 4. The lowest BCUT2D eigenvalue weighted by Crippen LogP contribution is -2.29. The van der Waals surface area contributed by atoms with E-state index in [1.807, 2.05) is 0 Å². The lowest BCUT2D eigenvalue weighted by Gasteiger charge is -2.25. The molecule has 0 aromatic heterocycles. The predicted molar refractivity (Wildman–Crippen MR) is 121 cm³/mol. The van der Waals surface area contributed by atoms with Crippen LogP contribution in [0.2, 0.25) is 5.02 Å². The van der Waals surface area contributed by atoms with Crippen molar-refractivity contribution in [1.82, 2.24) is 0 Å². The highest BCUT2D eigenvalue weighted by atomic mass is 35.5. The summed E-state index contributed by atoms with van der Waals surface area (Å²) in [6, 6.07) is 15.7. The molecule has 3 heterocycles. The van der Waals surface area contributed by atoms with Gasteiger partial charge in [0.1, 0.15) is 5.76 Å². The molecule has 8 nitrogen and oxygen atoms in total. The molecule has 1 N–H and O–H groups in total. The standard InChI is InChI=1S/C25H16ClNO7/c26-15-4-1-13(2-5-15)22-21(23(28)14-3-7-17-19(9-14)33-11-31-17)24(29)25(30)27(22)16-6-8-18-20(10-16)34-12-32-18/h1-10,22,28H,11-12H2/b23-21+. The van der Waals surface area contributed by atoms with Crippen molar-refractivity contribution in [3.05, 3.63) is 82.4 Å². The van der Waals surface area contributed by atoms with Crippen molar-refractivity contribution in [3.8, 4) is 23.0 Å². The third-order valence-electron chi connectivity index (χ3n) is 5.91. The van der Waals surface area contributed by atoms with Crippen LogP contribution in [0.15, 0.2) is 66.2 Å². The second kappa shape index (κ2) is 7.71. The first-order chi connectivity index (χ1) is 16.5. The van der Waals surface area contributed by atoms with Gasteiger partial charge in [0.2, 0.25) is 13.6 Å². The first-order valence-corrected chi connectivity index (χ1v) is 10.8. The number of rotatable bonds is 3. The number of halogens is 1. The molecule has 34 heavy (non-hydrogen) atoms. The number of ketones is 1. The molecule has 1 saturated heterocycles. The molecule has 1 amide bonds. The van der Waals surface area contributed by atoms with Gasteiger partial charge in [-0.3, -0.25) is 14.5 Å². The Bertz CT molecular complexity index is 1380. The molecule has 3 aromatic rings. The van der Waals surface area contributed by atoms with Gasteiger partial charge in [0.25, 0.3) is 11.7 Å². The molecule has 6 rings (SSSR count). The third-order valence-corrected chi connectivity index (χ3v) is 6.16. The zero-order valence-corrected chi connectivity index (χ0v) is 18.2. The molecule has 3 aromatic carbocycles. The number of anilines is 1. The Labute approximate surface area is 198 Å². The van der Waals surface area contributed by atoms with Crippen LogP contribution in [0.3, 0.4) is 0 Å². The van der Waals surface area contributed by atoms with Crippen molar-refractivity contribution in [3.63, 3.8) is 0 Å². The van der Waals surface area contributed by atoms with Gasteiger partial charge in [-0.15, -0.1) is 0 Å². The third kappa shape index (κ3) is 3.14. The molecule has 3 aliphatic rings. The molecule has 1 atom stereocenters. The Hall–Kier alpha value is -4.17. The van der Waals surface area contributed by atoms with Crippen molar-refractivity contribution in [2.75, 3.05) is 18.5 Å². The summed E-state index contributed by atoms with van der Waals surface area (Å²) in [5, 5.41) is 11.8. The number of hydrogen-bond donors (Lipinski definition) is 1. The van der Waals surface area contributed by atoms with Crippen molar-refractivity contribution < 1.29 is 33.6 Å². The summed E-state index contributed by atoms with van der Waals surface area (Å²) in [7, 11) is 0. The van der Waals surface area contributed by atoms with Crippen LogP contribution < -0.4 is 23.8 Å². The number of Topliss-reactive ketones (excluding diaryl/α,β-unsaturated/α-hetero) is 1. The van der Waals surface area contributed by atoms with E-state index in [4.69, 9.17) is 30.5 Å². The van der Waals surface area contributed by atoms with Gasteiger partial charge in [-0.1, -0.05) is 23.7 Å². The van der Waals surface area contributed by atoms with Crippen molar-refractivity contribution in [2.24, 2.45) is 0 Å². The van der Waals surface area contributed by atoms with Gasteiger partial charge in [-0.2, -0.15) is 0 Å². The quantitative estimate of drug-likeness (QED) is 0.339. The Morgan fingerprint density at radius 2 is 1.44 bits per heavy atom. The maximum absolute atomic E-state index is 13.3. The molecule has 0 spiro atoms. The average Bonchev–Trinajstić information content (AvgIpc) is 3.57. The van der Waals surface area contributed by atoms with Gasteiger partial charge in [0.15, 0.2) is 23.0 Å². The second-order valence-electron chi connectivity index (χ2n) is 7.83. The van der Waals surface area contributed by atoms with E-state index in [2.05, 4.69) is 0 Å². The fourth-order valence-electron chi connectivity index (χ4n) is 4.29. The van der Waals surface area contributed by atoms with E-state index in [-0.39, 0.29) is 24.9 Å². The number of carbonyl (C=O) groups is 2. The van der Waals surface area contributed by atoms with E-state index in [9.17, 15) is 14.7 Å². The molecule has 0 saturated carbocycles. The average molecular weight is 478 g/mol. The highest BCUT2D eigenvalue weighted by Crippen LogP contribution is 2.45. The van der Waals surface area contributed by atoms with Gasteiger partial charge in [0, 0.05) is 22.3 Å². The van der Waals surface area contributed by atoms with Gasteiger partial charge in [-0.25, -0.2) is 0 Å². The van der Waals surface area contributed by atoms with Crippen LogP contribution in [-0.2, 0) is 9.59 Å². The molecule has 1 unspecified atom stereocenters. The van der Waals surface area contributed by atoms with E-state index in [0.29, 0.717) is 44.8 Å². The predicted octanol–water partition coefficient (Wildman–Crippen LogP) is 4.42. The number of benzene rings is 3. The number of carbonyl (C=O) groups excluding carboxylic acids is 2. The minimum Gasteiger partial charge on any atom is -0.507 e. The summed E-state index contributed by atoms with van der Waals surface area (Å²) in [5.74, 6) is 0.0752. The monoisotopic (exact) mass is 477 g/mol. The van der Waals surface area contributed by atoms with E-state index in [0.717, 1.165) is 0 Å². The highest BCUT2D eigenvalue weighted by molar-refractivity contribution is 6.51. The molecule has 1 fully saturated rings. The van der Waals surface area contributed by atoms with Gasteiger partial charge < -0.3 is 24.1 Å². The van der Waals surface area contributed by atoms with Crippen molar-refractivity contribution in [1.29, 1.82) is 0 Å². The molecular weight excluding hydrogens is 462 g/mol. The normalized spacial score (nSPS) is 19.7. The molecular formula is C25H16ClNO7. The van der Waals surface area contributed by atoms with Crippen LogP contribution in [-0.4, -0.2) is 30.4 Å². The van der Waals surface area contributed by atoms with Crippen LogP contribution in [0, 0.1) is 0 Å². The lowest BCUT2D eigenvalue weighted by atomic mass is 9.95. The van der Waals surface area contributed by atoms with Crippen molar-refractivity contribution >= 4 is 34.7 Å². The summed E-state index contributed by atoms with van der Waals surface area (Å²) in [6.07, 6.45) is 0. The summed E-state index contributed by atoms with van der Waals surface area (Å²) < 4.78 is 21.5. The molecule has 0 aliphatic carbocycles. The first-order valence-electron chi connectivity index (χ1n) is 10.4. The topological polar surface area (TPSA) is 94.5 Å². The Morgan fingerprint density at radius 1 is 0.824 bits per heavy atom. The fraction of sp³-hybridized carbons (Fsp3) is 0.120. The van der Waals surface area contributed by atoms with Crippen LogP contribution in [0.25, 0.3) is 5.76 Å². The largest absolute Gasteiger partial charge is 0.507 e. The van der Waals surface area contributed by atoms with Crippen LogP contribution in [0.4, 0.5) is 5.69 Å². The minimum absolute atomic E-state index is 0.0520. The number of amides is 1. The van der Waals surface area contributed by atoms with Gasteiger partial charge in [0.05, 0.1) is 11.6 Å². The van der Waals surface area contributed by atoms with Crippen LogP contribution in [0.1, 0.15) is 17.2 Å². The first kappa shape index (κ1) is 20.4. The lowest BCUT2D eigenvalue weighted by molar-refractivity contribution is -0.132. The minimum atomic E-state index is -0.900. The molecule has 0 bridgehead atoms. The maximum atomic E-state index is 13.3. The smallest absolute Gasteiger partial charge is 0.300 e. The zero-order chi connectivity index (χ0) is 23.4. The maximum Gasteiger partial charge on any atom is 0.300 e. The Balaban J connectivity index is 1.53. The summed E-state index contributed by atoms with van der Waals surface area (Å²) in [4.78, 5) is 27.9. The number of hydrogen-bond acceptors (Lipinski definition) is 7. The zero-order valence-electron chi connectivity index (χ0n) is 17.5. The SMILES string of the molecule is O=C1C(=O)N(c2ccc3c(c2)OCO3)C(c2ccc(Cl)cc2)/C1=C(\O)c1ccc2c(c1)OCO2. The van der Waals surface area contributed by atoms with E-state index in [1.54, 1.807) is 60.7 Å². The fourth-order valence-corrected chi connectivity index (χ4v) is 4.42. The number of fused-ring (bicyclic) bond motifs is 2. The molecule has 0 radical (unpaired) electrons. The number of nitrogens with zero attached hydrogens (tertiary/aromatic N) is 1. The summed E-state index contributed by atoms with van der Waals surface area (Å²) >= 11 is 6.08. The van der Waals surface area contributed by atoms with E-state index < -0.39 is 17.7 Å². The van der Waals surface area contributed by atoms with E-state index >= 15 is 0 Å². The Morgan fingerprint density at radius 3 is 2.15 bits per heavy atom. The van der Waals surface area contributed by atoms with E-state index in [1.165, 1.54) is 4.90 Å². The molecule has 9 heteroatoms. The number of aliphatic hydroxyl groups is 1. The highest BCUT2D eigenvalue weighted by Gasteiger charge is 2.47. The summed E-state index contributed by atoms with van der Waals surface area (Å²) in [5.41, 5.74) is 1.30. The van der Waals surface area contributed by atoms with Gasteiger partial charge in [-0.05, 0) is 48.0 Å². The van der Waals surface area contributed by atoms with Crippen LogP contribution >= 0.6 is 11.6 Å². The Kier molecular flexibility index (Phi) is 4.63. The second-order valence-corrected chi connectivity index (χ2v) is 8.26. The molecule has 3 aliphatic heterocycles. The van der Waals surface area contributed by atoms with Crippen LogP contribution in [0.5, 0.6) is 23.0 Å².